The van der Waals surface area contributed by atoms with Crippen molar-refractivity contribution in [3.8, 4) is 11.5 Å². The first kappa shape index (κ1) is 16.7. The Labute approximate surface area is 141 Å². The highest BCUT2D eigenvalue weighted by Gasteiger charge is 2.36. The highest BCUT2D eigenvalue weighted by Crippen LogP contribution is 2.33. The standard InChI is InChI=1S/C15H20N4O4S/c1-22-14-6-5-13(10-15(14)23-2)24(20,21)18-9-3-4-12(18)11-19-16-7-8-17-19/h5-8,10,12H,3-4,9,11H2,1-2H3. The van der Waals surface area contributed by atoms with Gasteiger partial charge in [-0.25, -0.2) is 8.42 Å². The third-order valence-corrected chi connectivity index (χ3v) is 6.07. The lowest BCUT2D eigenvalue weighted by Gasteiger charge is -2.24. The first-order valence-corrected chi connectivity index (χ1v) is 9.08. The number of hydrogen-bond acceptors (Lipinski definition) is 6. The molecule has 1 aliphatic heterocycles. The Hall–Kier alpha value is -2.13. The summed E-state index contributed by atoms with van der Waals surface area (Å²) in [5.74, 6) is 0.887. The van der Waals surface area contributed by atoms with Gasteiger partial charge in [0.2, 0.25) is 10.0 Å². The summed E-state index contributed by atoms with van der Waals surface area (Å²) in [4.78, 5) is 1.72. The molecule has 0 aliphatic carbocycles. The van der Waals surface area contributed by atoms with Gasteiger partial charge in [0.05, 0.1) is 38.1 Å². The van der Waals surface area contributed by atoms with Crippen LogP contribution in [0, 0.1) is 0 Å². The zero-order valence-electron chi connectivity index (χ0n) is 13.6. The molecule has 0 amide bonds. The third-order valence-electron chi connectivity index (χ3n) is 4.13. The maximum atomic E-state index is 13.0. The SMILES string of the molecule is COc1ccc(S(=O)(=O)N2CCCC2Cn2nccn2)cc1OC. The Morgan fingerprint density at radius 2 is 1.88 bits per heavy atom. The van der Waals surface area contributed by atoms with E-state index in [0.29, 0.717) is 24.6 Å². The van der Waals surface area contributed by atoms with E-state index < -0.39 is 10.0 Å². The number of hydrogen-bond donors (Lipinski definition) is 0. The summed E-state index contributed by atoms with van der Waals surface area (Å²) < 4.78 is 37.9. The van der Waals surface area contributed by atoms with Crippen LogP contribution in [0.4, 0.5) is 0 Å². The molecule has 130 valence electrons. The largest absolute Gasteiger partial charge is 0.493 e. The van der Waals surface area contributed by atoms with Gasteiger partial charge in [-0.05, 0) is 25.0 Å². The maximum Gasteiger partial charge on any atom is 0.243 e. The summed E-state index contributed by atoms with van der Waals surface area (Å²) in [6, 6.07) is 4.48. The molecule has 1 aliphatic rings. The van der Waals surface area contributed by atoms with E-state index in [2.05, 4.69) is 10.2 Å². The lowest BCUT2D eigenvalue weighted by Crippen LogP contribution is -2.38. The van der Waals surface area contributed by atoms with E-state index in [1.165, 1.54) is 35.5 Å². The monoisotopic (exact) mass is 352 g/mol. The minimum Gasteiger partial charge on any atom is -0.493 e. The lowest BCUT2D eigenvalue weighted by atomic mass is 10.2. The molecule has 8 nitrogen and oxygen atoms in total. The van der Waals surface area contributed by atoms with Gasteiger partial charge < -0.3 is 9.47 Å². The molecule has 2 heterocycles. The molecule has 1 fully saturated rings. The van der Waals surface area contributed by atoms with Crippen LogP contribution in [0.15, 0.2) is 35.5 Å². The number of rotatable bonds is 6. The van der Waals surface area contributed by atoms with Crippen LogP contribution in [0.3, 0.4) is 0 Å². The van der Waals surface area contributed by atoms with Gasteiger partial charge in [-0.2, -0.15) is 19.3 Å². The zero-order valence-corrected chi connectivity index (χ0v) is 14.4. The van der Waals surface area contributed by atoms with Crippen molar-refractivity contribution >= 4 is 10.0 Å². The fourth-order valence-electron chi connectivity index (χ4n) is 2.95. The quantitative estimate of drug-likeness (QED) is 0.775. The number of methoxy groups -OCH3 is 2. The second kappa shape index (κ2) is 6.78. The van der Waals surface area contributed by atoms with Gasteiger partial charge in [-0.3, -0.25) is 0 Å². The van der Waals surface area contributed by atoms with E-state index in [4.69, 9.17) is 9.47 Å². The minimum atomic E-state index is -3.62. The number of sulfonamides is 1. The molecule has 1 aromatic carbocycles. The fraction of sp³-hybridized carbons (Fsp3) is 0.467. The molecule has 0 radical (unpaired) electrons. The summed E-state index contributed by atoms with van der Waals surface area (Å²) in [7, 11) is -0.624. The number of benzene rings is 1. The Bertz CT molecular complexity index is 792. The molecule has 1 aromatic heterocycles. The van der Waals surface area contributed by atoms with E-state index in [9.17, 15) is 8.42 Å². The van der Waals surface area contributed by atoms with Crippen molar-refractivity contribution in [2.75, 3.05) is 20.8 Å². The summed E-state index contributed by atoms with van der Waals surface area (Å²) in [6.45, 7) is 0.933. The second-order valence-electron chi connectivity index (χ2n) is 5.51. The molecule has 9 heteroatoms. The number of ether oxygens (including phenoxy) is 2. The van der Waals surface area contributed by atoms with Crippen molar-refractivity contribution in [1.82, 2.24) is 19.3 Å². The highest BCUT2D eigenvalue weighted by molar-refractivity contribution is 7.89. The molecular formula is C15H20N4O4S. The normalized spacial score (nSPS) is 18.7. The number of aromatic nitrogens is 3. The van der Waals surface area contributed by atoms with Gasteiger partial charge in [0.15, 0.2) is 11.5 Å². The minimum absolute atomic E-state index is 0.157. The van der Waals surface area contributed by atoms with Crippen LogP contribution >= 0.6 is 0 Å². The van der Waals surface area contributed by atoms with Crippen LogP contribution in [-0.2, 0) is 16.6 Å². The number of nitrogens with zero attached hydrogens (tertiary/aromatic N) is 4. The van der Waals surface area contributed by atoms with Crippen molar-refractivity contribution in [2.45, 2.75) is 30.3 Å². The Kier molecular flexibility index (Phi) is 4.72. The molecule has 2 aromatic rings. The first-order valence-electron chi connectivity index (χ1n) is 7.64. The molecule has 0 bridgehead atoms. The van der Waals surface area contributed by atoms with Crippen molar-refractivity contribution < 1.29 is 17.9 Å². The summed E-state index contributed by atoms with van der Waals surface area (Å²) in [5.41, 5.74) is 0. The first-order chi connectivity index (χ1) is 11.6. The smallest absolute Gasteiger partial charge is 0.243 e. The Morgan fingerprint density at radius 1 is 1.17 bits per heavy atom. The lowest BCUT2D eigenvalue weighted by molar-refractivity contribution is 0.325. The highest BCUT2D eigenvalue weighted by atomic mass is 32.2. The van der Waals surface area contributed by atoms with Gasteiger partial charge in [0.1, 0.15) is 0 Å². The van der Waals surface area contributed by atoms with E-state index in [0.717, 1.165) is 12.8 Å². The van der Waals surface area contributed by atoms with Crippen molar-refractivity contribution in [2.24, 2.45) is 0 Å². The second-order valence-corrected chi connectivity index (χ2v) is 7.40. The van der Waals surface area contributed by atoms with Crippen molar-refractivity contribution in [1.29, 1.82) is 0 Å². The average molecular weight is 352 g/mol. The molecule has 3 rings (SSSR count). The molecule has 0 N–H and O–H groups in total. The Balaban J connectivity index is 1.88. The van der Waals surface area contributed by atoms with Gasteiger partial charge in [-0.15, -0.1) is 0 Å². The molecule has 0 saturated carbocycles. The van der Waals surface area contributed by atoms with Crippen molar-refractivity contribution in [3.63, 3.8) is 0 Å². The van der Waals surface area contributed by atoms with Crippen molar-refractivity contribution in [3.05, 3.63) is 30.6 Å². The van der Waals surface area contributed by atoms with Gasteiger partial charge in [-0.1, -0.05) is 0 Å². The summed E-state index contributed by atoms with van der Waals surface area (Å²) in [5, 5.41) is 8.13. The molecule has 1 atom stereocenters. The molecule has 1 saturated heterocycles. The van der Waals surface area contributed by atoms with Gasteiger partial charge >= 0.3 is 0 Å². The summed E-state index contributed by atoms with van der Waals surface area (Å²) >= 11 is 0. The predicted molar refractivity (Wildman–Crippen MR) is 86.5 cm³/mol. The van der Waals surface area contributed by atoms with E-state index in [1.807, 2.05) is 0 Å². The third kappa shape index (κ3) is 3.09. The van der Waals surface area contributed by atoms with Crippen LogP contribution in [0.1, 0.15) is 12.8 Å². The zero-order chi connectivity index (χ0) is 17.2. The molecular weight excluding hydrogens is 332 g/mol. The molecule has 1 unspecified atom stereocenters. The van der Waals surface area contributed by atoms with E-state index >= 15 is 0 Å². The van der Waals surface area contributed by atoms with Crippen LogP contribution < -0.4 is 9.47 Å². The van der Waals surface area contributed by atoms with E-state index in [-0.39, 0.29) is 10.9 Å². The van der Waals surface area contributed by atoms with Crippen LogP contribution in [0.25, 0.3) is 0 Å². The average Bonchev–Trinajstić information content (AvgIpc) is 3.26. The fourth-order valence-corrected chi connectivity index (χ4v) is 4.65. The molecule has 0 spiro atoms. The predicted octanol–water partition coefficient (Wildman–Crippen LogP) is 1.15. The van der Waals surface area contributed by atoms with Crippen LogP contribution in [-0.4, -0.2) is 54.5 Å². The Morgan fingerprint density at radius 3 is 2.54 bits per heavy atom. The van der Waals surface area contributed by atoms with Crippen LogP contribution in [0.5, 0.6) is 11.5 Å². The maximum absolute atomic E-state index is 13.0. The van der Waals surface area contributed by atoms with E-state index in [1.54, 1.807) is 18.5 Å². The van der Waals surface area contributed by atoms with Crippen LogP contribution in [0.2, 0.25) is 0 Å². The summed E-state index contributed by atoms with van der Waals surface area (Å²) in [6.07, 6.45) is 4.77. The topological polar surface area (TPSA) is 86.6 Å². The molecule has 24 heavy (non-hydrogen) atoms. The van der Waals surface area contributed by atoms with Gasteiger partial charge in [0.25, 0.3) is 0 Å². The van der Waals surface area contributed by atoms with Gasteiger partial charge in [0, 0.05) is 18.7 Å².